The first-order valence-corrected chi connectivity index (χ1v) is 8.11. The maximum Gasteiger partial charge on any atom is 0.0520 e. The highest BCUT2D eigenvalue weighted by Crippen LogP contribution is 2.24. The Labute approximate surface area is 96.9 Å². The van der Waals surface area contributed by atoms with Gasteiger partial charge in [0.05, 0.1) is 9.52 Å². The van der Waals surface area contributed by atoms with Crippen LogP contribution < -0.4 is 5.19 Å². The molecule has 0 saturated carbocycles. The predicted molar refractivity (Wildman–Crippen MR) is 73.3 cm³/mol. The third-order valence-electron chi connectivity index (χ3n) is 2.99. The Bertz CT molecular complexity index is 332. The van der Waals surface area contributed by atoms with Crippen LogP contribution >= 0.6 is 0 Å². The largest absolute Gasteiger partial charge is 0.0708 e. The molecule has 1 rings (SSSR count). The average molecular weight is 220 g/mol. The van der Waals surface area contributed by atoms with E-state index in [0.717, 1.165) is 0 Å². The van der Waals surface area contributed by atoms with Crippen molar-refractivity contribution < 1.29 is 0 Å². The zero-order valence-corrected chi connectivity index (χ0v) is 12.4. The number of benzene rings is 1. The molecular weight excluding hydrogens is 196 g/mol. The van der Waals surface area contributed by atoms with Crippen molar-refractivity contribution in [3.63, 3.8) is 0 Å². The van der Waals surface area contributed by atoms with Crippen molar-refractivity contribution >= 4 is 14.7 Å². The molecule has 0 fully saturated rings. The van der Waals surface area contributed by atoms with E-state index >= 15 is 0 Å². The third-order valence-corrected chi connectivity index (χ3v) is 4.37. The quantitative estimate of drug-likeness (QED) is 0.672. The van der Waals surface area contributed by atoms with Gasteiger partial charge in [-0.1, -0.05) is 64.6 Å². The predicted octanol–water partition coefficient (Wildman–Crippen LogP) is 2.95. The maximum atomic E-state index is 2.43. The molecule has 0 aromatic heterocycles. The summed E-state index contributed by atoms with van der Waals surface area (Å²) in [6.07, 6.45) is 0. The highest BCUT2D eigenvalue weighted by molar-refractivity contribution is 6.52. The lowest BCUT2D eigenvalue weighted by Gasteiger charge is -2.24. The van der Waals surface area contributed by atoms with Gasteiger partial charge in [-0.15, -0.1) is 0 Å². The van der Waals surface area contributed by atoms with Crippen LogP contribution in [0.3, 0.4) is 0 Å². The minimum absolute atomic E-state index is 0.0580. The summed E-state index contributed by atoms with van der Waals surface area (Å²) in [4.78, 5) is 0. The fourth-order valence-corrected chi connectivity index (χ4v) is 3.33. The molecule has 1 aromatic rings. The Morgan fingerprint density at radius 2 is 1.73 bits per heavy atom. The maximum absolute atomic E-state index is 2.43. The monoisotopic (exact) mass is 220 g/mol. The summed E-state index contributed by atoms with van der Waals surface area (Å²) < 4.78 is 0. The zero-order chi connectivity index (χ0) is 11.6. The lowest BCUT2D eigenvalue weighted by Crippen LogP contribution is -2.26. The minimum atomic E-state index is -0.0580. The van der Waals surface area contributed by atoms with Gasteiger partial charge < -0.3 is 0 Å². The number of rotatable bonds is 2. The van der Waals surface area contributed by atoms with Gasteiger partial charge in [0.15, 0.2) is 0 Å². The standard InChI is InChI=1S/C14H24Si/c1-10(2)11-7-8-13(15-6)12(9-11)14(3,4)5/h7-10H,15H2,1-6H3. The lowest BCUT2D eigenvalue weighted by molar-refractivity contribution is 0.592. The molecule has 0 N–H and O–H groups in total. The molecule has 1 heteroatoms. The van der Waals surface area contributed by atoms with Gasteiger partial charge in [0.1, 0.15) is 0 Å². The van der Waals surface area contributed by atoms with E-state index in [4.69, 9.17) is 0 Å². The first kappa shape index (κ1) is 12.5. The smallest absolute Gasteiger partial charge is 0.0520 e. The lowest BCUT2D eigenvalue weighted by atomic mass is 9.85. The van der Waals surface area contributed by atoms with Crippen LogP contribution in [0.2, 0.25) is 6.55 Å². The van der Waals surface area contributed by atoms with Gasteiger partial charge in [-0.05, 0) is 22.5 Å². The highest BCUT2D eigenvalue weighted by atomic mass is 28.2. The molecule has 0 amide bonds. The molecule has 0 unspecified atom stereocenters. The van der Waals surface area contributed by atoms with E-state index in [1.807, 2.05) is 0 Å². The van der Waals surface area contributed by atoms with Crippen molar-refractivity contribution in [2.45, 2.75) is 52.5 Å². The van der Waals surface area contributed by atoms with Gasteiger partial charge in [0.25, 0.3) is 0 Å². The summed E-state index contributed by atoms with van der Waals surface area (Å²) in [5.41, 5.74) is 3.34. The van der Waals surface area contributed by atoms with E-state index < -0.39 is 0 Å². The fraction of sp³-hybridized carbons (Fsp3) is 0.571. The Hall–Kier alpha value is -0.563. The molecule has 0 nitrogen and oxygen atoms in total. The first-order chi connectivity index (χ1) is 6.86. The number of hydrogen-bond donors (Lipinski definition) is 0. The summed E-state index contributed by atoms with van der Waals surface area (Å²) in [5.74, 6) is 0.638. The molecule has 0 heterocycles. The highest BCUT2D eigenvalue weighted by Gasteiger charge is 2.17. The zero-order valence-electron chi connectivity index (χ0n) is 11.0. The average Bonchev–Trinajstić information content (AvgIpc) is 2.15. The molecule has 1 aromatic carbocycles. The molecule has 0 aliphatic heterocycles. The summed E-state index contributed by atoms with van der Waals surface area (Å²) in [6.45, 7) is 13.9. The molecule has 0 spiro atoms. The normalized spacial score (nSPS) is 13.0. The van der Waals surface area contributed by atoms with Crippen LogP contribution in [0, 0.1) is 0 Å². The van der Waals surface area contributed by atoms with Gasteiger partial charge in [0.2, 0.25) is 0 Å². The molecule has 0 atom stereocenters. The Morgan fingerprint density at radius 1 is 1.13 bits per heavy atom. The second kappa shape index (κ2) is 4.52. The summed E-state index contributed by atoms with van der Waals surface area (Å²) >= 11 is 0. The molecule has 0 bridgehead atoms. The van der Waals surface area contributed by atoms with Crippen LogP contribution in [-0.2, 0) is 5.41 Å². The van der Waals surface area contributed by atoms with Crippen LogP contribution in [-0.4, -0.2) is 9.52 Å². The Kier molecular flexibility index (Phi) is 3.77. The third kappa shape index (κ3) is 2.94. The summed E-state index contributed by atoms with van der Waals surface area (Å²) in [6, 6.07) is 7.10. The van der Waals surface area contributed by atoms with E-state index in [1.54, 1.807) is 10.8 Å². The van der Waals surface area contributed by atoms with Crippen molar-refractivity contribution in [3.8, 4) is 0 Å². The topological polar surface area (TPSA) is 0 Å². The molecule has 15 heavy (non-hydrogen) atoms. The SMILES string of the molecule is C[SiH2]c1ccc(C(C)C)cc1C(C)(C)C. The van der Waals surface area contributed by atoms with Crippen LogP contribution in [0.15, 0.2) is 18.2 Å². The summed E-state index contributed by atoms with van der Waals surface area (Å²) in [5, 5.41) is 1.63. The van der Waals surface area contributed by atoms with Crippen molar-refractivity contribution in [3.05, 3.63) is 29.3 Å². The number of hydrogen-bond acceptors (Lipinski definition) is 0. The van der Waals surface area contributed by atoms with Crippen LogP contribution in [0.4, 0.5) is 0 Å². The second-order valence-corrected chi connectivity index (χ2v) is 7.14. The van der Waals surface area contributed by atoms with Gasteiger partial charge in [-0.2, -0.15) is 0 Å². The molecule has 0 aliphatic rings. The van der Waals surface area contributed by atoms with Crippen molar-refractivity contribution in [2.75, 3.05) is 0 Å². The minimum Gasteiger partial charge on any atom is -0.0708 e. The van der Waals surface area contributed by atoms with E-state index in [2.05, 4.69) is 59.4 Å². The van der Waals surface area contributed by atoms with Gasteiger partial charge in [0, 0.05) is 0 Å². The van der Waals surface area contributed by atoms with Gasteiger partial charge in [-0.25, -0.2) is 0 Å². The van der Waals surface area contributed by atoms with Crippen molar-refractivity contribution in [1.29, 1.82) is 0 Å². The van der Waals surface area contributed by atoms with Crippen molar-refractivity contribution in [1.82, 2.24) is 0 Å². The van der Waals surface area contributed by atoms with E-state index in [-0.39, 0.29) is 9.52 Å². The Morgan fingerprint density at radius 3 is 2.13 bits per heavy atom. The van der Waals surface area contributed by atoms with E-state index in [0.29, 0.717) is 11.3 Å². The van der Waals surface area contributed by atoms with Gasteiger partial charge in [-0.3, -0.25) is 0 Å². The van der Waals surface area contributed by atoms with Crippen LogP contribution in [0.1, 0.15) is 51.7 Å². The summed E-state index contributed by atoms with van der Waals surface area (Å²) in [7, 11) is -0.0580. The van der Waals surface area contributed by atoms with E-state index in [9.17, 15) is 0 Å². The van der Waals surface area contributed by atoms with E-state index in [1.165, 1.54) is 5.56 Å². The first-order valence-electron chi connectivity index (χ1n) is 5.99. The van der Waals surface area contributed by atoms with Crippen LogP contribution in [0.5, 0.6) is 0 Å². The van der Waals surface area contributed by atoms with Crippen LogP contribution in [0.25, 0.3) is 0 Å². The fourth-order valence-electron chi connectivity index (χ4n) is 1.96. The molecule has 84 valence electrons. The molecule has 0 radical (unpaired) electrons. The second-order valence-electron chi connectivity index (χ2n) is 5.67. The van der Waals surface area contributed by atoms with Crippen molar-refractivity contribution in [2.24, 2.45) is 0 Å². The molecular formula is C14H24Si. The van der Waals surface area contributed by atoms with Gasteiger partial charge >= 0.3 is 0 Å². The molecule has 0 aliphatic carbocycles. The Balaban J connectivity index is 3.26. The molecule has 0 saturated heterocycles.